The van der Waals surface area contributed by atoms with Gasteiger partial charge in [0.15, 0.2) is 12.2 Å². The molecule has 16 heavy (non-hydrogen) atoms. The van der Waals surface area contributed by atoms with Crippen molar-refractivity contribution in [2.45, 2.75) is 26.1 Å². The highest BCUT2D eigenvalue weighted by atomic mass is 16.4. The van der Waals surface area contributed by atoms with Crippen molar-refractivity contribution in [2.75, 3.05) is 0 Å². The first kappa shape index (κ1) is 19.8. The van der Waals surface area contributed by atoms with E-state index in [1.54, 1.807) is 12.2 Å². The second-order valence-electron chi connectivity index (χ2n) is 2.38. The molecule has 0 aromatic carbocycles. The van der Waals surface area contributed by atoms with Crippen LogP contribution in [0.4, 0.5) is 0 Å². The van der Waals surface area contributed by atoms with E-state index in [0.29, 0.717) is 0 Å². The zero-order valence-corrected chi connectivity index (χ0v) is 9.33. The number of allylic oxidation sites excluding steroid dienone is 2. The van der Waals surface area contributed by atoms with Crippen LogP contribution in [-0.4, -0.2) is 44.6 Å². The molecule has 94 valence electrons. The number of hydrogen-bond donors (Lipinski definition) is 4. The van der Waals surface area contributed by atoms with Crippen molar-refractivity contribution in [1.82, 2.24) is 0 Å². The summed E-state index contributed by atoms with van der Waals surface area (Å²) < 4.78 is 0. The smallest absolute Gasteiger partial charge is 0.335 e. The molecule has 0 radical (unpaired) electrons. The summed E-state index contributed by atoms with van der Waals surface area (Å²) in [5.41, 5.74) is 0. The average molecular weight is 234 g/mol. The van der Waals surface area contributed by atoms with E-state index in [0.717, 1.165) is 0 Å². The largest absolute Gasteiger partial charge is 0.479 e. The van der Waals surface area contributed by atoms with Crippen LogP contribution in [0.1, 0.15) is 13.8 Å². The third-order valence-corrected chi connectivity index (χ3v) is 0.805. The highest BCUT2D eigenvalue weighted by Gasteiger charge is 2.29. The van der Waals surface area contributed by atoms with Gasteiger partial charge < -0.3 is 20.4 Å². The normalized spacial score (nSPS) is 11.5. The molecule has 6 nitrogen and oxygen atoms in total. The number of aliphatic hydroxyl groups is 2. The van der Waals surface area contributed by atoms with E-state index in [2.05, 4.69) is 13.2 Å². The summed E-state index contributed by atoms with van der Waals surface area (Å²) in [5.74, 6) is -3.54. The van der Waals surface area contributed by atoms with Gasteiger partial charge in [-0.2, -0.15) is 0 Å². The van der Waals surface area contributed by atoms with Crippen LogP contribution in [0.3, 0.4) is 0 Å². The van der Waals surface area contributed by atoms with Crippen molar-refractivity contribution >= 4 is 11.9 Å². The van der Waals surface area contributed by atoms with Crippen molar-refractivity contribution in [3.05, 3.63) is 25.3 Å². The molecule has 0 saturated carbocycles. The van der Waals surface area contributed by atoms with Crippen LogP contribution in [0.25, 0.3) is 0 Å². The van der Waals surface area contributed by atoms with Crippen molar-refractivity contribution in [3.63, 3.8) is 0 Å². The summed E-state index contributed by atoms with van der Waals surface area (Å²) in [4.78, 5) is 19.5. The summed E-state index contributed by atoms with van der Waals surface area (Å²) >= 11 is 0. The maximum absolute atomic E-state index is 9.77. The Kier molecular flexibility index (Phi) is 16.5. The van der Waals surface area contributed by atoms with Crippen LogP contribution >= 0.6 is 0 Å². The number of aliphatic carboxylic acids is 2. The number of hydrogen-bond acceptors (Lipinski definition) is 4. The topological polar surface area (TPSA) is 115 Å². The van der Waals surface area contributed by atoms with E-state index in [-0.39, 0.29) is 0 Å². The molecule has 0 aliphatic rings. The lowest BCUT2D eigenvalue weighted by Crippen LogP contribution is -2.39. The van der Waals surface area contributed by atoms with Gasteiger partial charge in [0.1, 0.15) is 0 Å². The highest BCUT2D eigenvalue weighted by molar-refractivity contribution is 5.83. The van der Waals surface area contributed by atoms with E-state index >= 15 is 0 Å². The Morgan fingerprint density at radius 2 is 1.06 bits per heavy atom. The molecule has 0 heterocycles. The Hall–Kier alpha value is -1.66. The molecule has 0 aliphatic carbocycles. The van der Waals surface area contributed by atoms with Crippen LogP contribution < -0.4 is 0 Å². The van der Waals surface area contributed by atoms with E-state index in [1.807, 2.05) is 13.8 Å². The Bertz CT molecular complexity index is 199. The highest BCUT2D eigenvalue weighted by Crippen LogP contribution is 1.92. The summed E-state index contributed by atoms with van der Waals surface area (Å²) in [5, 5.41) is 32.5. The zero-order chi connectivity index (χ0) is 13.7. The lowest BCUT2D eigenvalue weighted by Gasteiger charge is -2.07. The van der Waals surface area contributed by atoms with Crippen LogP contribution in [0, 0.1) is 0 Å². The number of carboxylic acid groups (broad SMARTS) is 2. The van der Waals surface area contributed by atoms with E-state index in [4.69, 9.17) is 20.4 Å². The Morgan fingerprint density at radius 3 is 1.12 bits per heavy atom. The van der Waals surface area contributed by atoms with Crippen molar-refractivity contribution in [3.8, 4) is 0 Å². The molecule has 0 amide bonds. The fourth-order valence-corrected chi connectivity index (χ4v) is 0.270. The first-order chi connectivity index (χ1) is 7.29. The molecular formula is C10H18O6. The molecule has 0 spiro atoms. The fraction of sp³-hybridized carbons (Fsp3) is 0.400. The van der Waals surface area contributed by atoms with Gasteiger partial charge in [-0.1, -0.05) is 12.2 Å². The lowest BCUT2D eigenvalue weighted by atomic mass is 10.2. The molecular weight excluding hydrogens is 216 g/mol. The van der Waals surface area contributed by atoms with Crippen molar-refractivity contribution in [2.24, 2.45) is 0 Å². The van der Waals surface area contributed by atoms with Gasteiger partial charge in [-0.3, -0.25) is 0 Å². The first-order valence-electron chi connectivity index (χ1n) is 4.25. The average Bonchev–Trinajstić information content (AvgIpc) is 2.17. The van der Waals surface area contributed by atoms with Crippen molar-refractivity contribution < 1.29 is 30.0 Å². The standard InChI is InChI=1S/C4H6O6.2C3H6/c5-1(3(7)8)2(6)4(9)10;2*1-3-2/h1-2,5-6H,(H,7,8)(H,9,10);2*3H,1H2,2H3. The monoisotopic (exact) mass is 234 g/mol. The van der Waals surface area contributed by atoms with Crippen molar-refractivity contribution in [1.29, 1.82) is 0 Å². The second kappa shape index (κ2) is 13.3. The molecule has 0 bridgehead atoms. The Morgan fingerprint density at radius 1 is 0.938 bits per heavy atom. The number of carbonyl (C=O) groups is 2. The van der Waals surface area contributed by atoms with Gasteiger partial charge in [-0.05, 0) is 13.8 Å². The molecule has 0 fully saturated rings. The first-order valence-corrected chi connectivity index (χ1v) is 4.25. The fourth-order valence-electron chi connectivity index (χ4n) is 0.270. The molecule has 0 aliphatic heterocycles. The summed E-state index contributed by atoms with van der Waals surface area (Å²) in [6.07, 6.45) is -1.03. The zero-order valence-electron chi connectivity index (χ0n) is 9.33. The van der Waals surface area contributed by atoms with Gasteiger partial charge in [0, 0.05) is 0 Å². The molecule has 0 aromatic heterocycles. The van der Waals surface area contributed by atoms with E-state index < -0.39 is 24.1 Å². The number of rotatable bonds is 3. The molecule has 2 unspecified atom stereocenters. The van der Waals surface area contributed by atoms with E-state index in [9.17, 15) is 9.59 Å². The molecule has 6 heteroatoms. The van der Waals surface area contributed by atoms with Gasteiger partial charge in [-0.25, -0.2) is 9.59 Å². The lowest BCUT2D eigenvalue weighted by molar-refractivity contribution is -0.165. The molecule has 2 atom stereocenters. The van der Waals surface area contributed by atoms with Gasteiger partial charge in [0.2, 0.25) is 0 Å². The molecule has 4 N–H and O–H groups in total. The third kappa shape index (κ3) is 14.8. The van der Waals surface area contributed by atoms with Gasteiger partial charge in [0.05, 0.1) is 0 Å². The maximum atomic E-state index is 9.77. The van der Waals surface area contributed by atoms with Gasteiger partial charge in [0.25, 0.3) is 0 Å². The quantitative estimate of drug-likeness (QED) is 0.521. The third-order valence-electron chi connectivity index (χ3n) is 0.805. The predicted octanol–water partition coefficient (Wildman–Crippen LogP) is 0.262. The van der Waals surface area contributed by atoms with Crippen LogP contribution in [0.2, 0.25) is 0 Å². The van der Waals surface area contributed by atoms with Crippen LogP contribution in [-0.2, 0) is 9.59 Å². The molecule has 0 rings (SSSR count). The minimum atomic E-state index is -2.27. The van der Waals surface area contributed by atoms with Gasteiger partial charge >= 0.3 is 11.9 Å². The molecule has 0 aromatic rings. The SMILES string of the molecule is C=CC.C=CC.O=C(O)C(O)C(O)C(=O)O. The minimum absolute atomic E-state index is 1.75. The second-order valence-corrected chi connectivity index (χ2v) is 2.38. The summed E-state index contributed by atoms with van der Waals surface area (Å²) in [6.45, 7) is 10.5. The molecule has 0 saturated heterocycles. The van der Waals surface area contributed by atoms with Gasteiger partial charge in [-0.15, -0.1) is 13.2 Å². The number of aliphatic hydroxyl groups excluding tert-OH is 2. The Balaban J connectivity index is -0.000000235. The van der Waals surface area contributed by atoms with E-state index in [1.165, 1.54) is 0 Å². The van der Waals surface area contributed by atoms with Crippen LogP contribution in [0.5, 0.6) is 0 Å². The minimum Gasteiger partial charge on any atom is -0.479 e. The Labute approximate surface area is 94.2 Å². The summed E-state index contributed by atoms with van der Waals surface area (Å²) in [6, 6.07) is 0. The number of carboxylic acids is 2. The maximum Gasteiger partial charge on any atom is 0.335 e. The van der Waals surface area contributed by atoms with Crippen LogP contribution in [0.15, 0.2) is 25.3 Å². The summed E-state index contributed by atoms with van der Waals surface area (Å²) in [7, 11) is 0. The predicted molar refractivity (Wildman–Crippen MR) is 59.0 cm³/mol.